The van der Waals surface area contributed by atoms with Crippen LogP contribution < -0.4 is 26.0 Å². The van der Waals surface area contributed by atoms with Crippen molar-refractivity contribution in [2.45, 2.75) is 70.7 Å². The molecule has 0 aliphatic carbocycles. The normalized spacial score (nSPS) is 20.0. The highest BCUT2D eigenvalue weighted by Crippen LogP contribution is 2.38. The van der Waals surface area contributed by atoms with E-state index in [2.05, 4.69) is 25.0 Å². The Labute approximate surface area is 334 Å². The number of piperazine rings is 1. The lowest BCUT2D eigenvalue weighted by atomic mass is 10.0. The molecule has 2 aromatic heterocycles. The van der Waals surface area contributed by atoms with E-state index in [1.165, 1.54) is 45.0 Å². The van der Waals surface area contributed by atoms with E-state index in [0.29, 0.717) is 17.9 Å². The summed E-state index contributed by atoms with van der Waals surface area (Å²) in [5, 5.41) is 8.42. The van der Waals surface area contributed by atoms with Crippen molar-refractivity contribution in [2.24, 2.45) is 11.7 Å². The molecule has 5 aromatic rings. The van der Waals surface area contributed by atoms with E-state index in [4.69, 9.17) is 24.7 Å². The first-order chi connectivity index (χ1) is 27.9. The van der Waals surface area contributed by atoms with Gasteiger partial charge in [-0.15, -0.1) is 0 Å². The molecule has 7 rings (SSSR count). The second-order valence-electron chi connectivity index (χ2n) is 15.2. The van der Waals surface area contributed by atoms with Gasteiger partial charge in [0, 0.05) is 49.2 Å². The average Bonchev–Trinajstić information content (AvgIpc) is 3.98. The van der Waals surface area contributed by atoms with Crippen LogP contribution in [0.2, 0.25) is 0 Å². The van der Waals surface area contributed by atoms with E-state index in [-0.39, 0.29) is 36.9 Å². The highest BCUT2D eigenvalue weighted by Gasteiger charge is 2.46. The molecule has 4 unspecified atom stereocenters. The van der Waals surface area contributed by atoms with E-state index in [0.717, 1.165) is 43.6 Å². The number of hydrogen-bond donors (Lipinski definition) is 1. The molecular weight excluding hydrogens is 753 g/mol. The molecule has 3 aromatic carbocycles. The topological polar surface area (TPSA) is 157 Å². The van der Waals surface area contributed by atoms with Gasteiger partial charge in [0.15, 0.2) is 0 Å². The van der Waals surface area contributed by atoms with Crippen molar-refractivity contribution in [3.63, 3.8) is 0 Å². The Kier molecular flexibility index (Phi) is 12.2. The Morgan fingerprint density at radius 3 is 2.19 bits per heavy atom. The molecule has 2 saturated heterocycles. The van der Waals surface area contributed by atoms with Gasteiger partial charge in [0.25, 0.3) is 0 Å². The predicted octanol–water partition coefficient (Wildman–Crippen LogP) is 4.44. The highest BCUT2D eigenvalue weighted by atomic mass is 19.1. The Bertz CT molecular complexity index is 2190. The number of ether oxygens (including phenoxy) is 4. The van der Waals surface area contributed by atoms with Crippen molar-refractivity contribution in [1.29, 1.82) is 0 Å². The molecule has 2 aliphatic heterocycles. The van der Waals surface area contributed by atoms with Crippen LogP contribution in [0.25, 0.3) is 5.69 Å². The minimum absolute atomic E-state index is 0.0176. The van der Waals surface area contributed by atoms with E-state index in [1.807, 2.05) is 62.4 Å². The predicted molar refractivity (Wildman–Crippen MR) is 211 cm³/mol. The van der Waals surface area contributed by atoms with Crippen LogP contribution in [0.15, 0.2) is 90.5 Å². The Morgan fingerprint density at radius 2 is 1.57 bits per heavy atom. The van der Waals surface area contributed by atoms with Gasteiger partial charge in [-0.2, -0.15) is 10.2 Å². The number of esters is 1. The first kappa shape index (κ1) is 40.5. The number of aromatic nitrogens is 6. The van der Waals surface area contributed by atoms with Gasteiger partial charge in [0.05, 0.1) is 18.3 Å². The number of benzene rings is 3. The third kappa shape index (κ3) is 9.06. The quantitative estimate of drug-likeness (QED) is 0.149. The standard InChI is InChI=1S/C41H49F2N9O6/c1-27(2)19-38(44)39(53)57-29(4)28(3)52-40(54)51(26-47-52)33-8-6-31(7-9-33)48-15-17-49(18-16-48)32-10-12-34(13-11-32)55-21-35-22-56-41(58-35,23-50-25-45-24-46-50)36-14-5-30(42)20-37(36)43/h5-14,20,24-29,35,38H,15-19,21-23,44H2,1-4H3/t28?,29?,35?,38-,41?/m0/s1. The summed E-state index contributed by atoms with van der Waals surface area (Å²) >= 11 is 0. The summed E-state index contributed by atoms with van der Waals surface area (Å²) in [7, 11) is 0. The molecular formula is C41H49F2N9O6. The molecule has 4 heterocycles. The van der Waals surface area contributed by atoms with Gasteiger partial charge in [0.1, 0.15) is 67.8 Å². The van der Waals surface area contributed by atoms with Crippen molar-refractivity contribution in [1.82, 2.24) is 29.1 Å². The number of hydrogen-bond acceptors (Lipinski definition) is 12. The fourth-order valence-electron chi connectivity index (χ4n) is 7.22. The van der Waals surface area contributed by atoms with Gasteiger partial charge >= 0.3 is 11.7 Å². The Balaban J connectivity index is 0.897. The van der Waals surface area contributed by atoms with Crippen LogP contribution in [0.4, 0.5) is 20.2 Å². The maximum atomic E-state index is 14.9. The SMILES string of the molecule is CC(C)C[C@H](N)C(=O)OC(C)C(C)n1ncn(-c2ccc(N3CCN(c4ccc(OCC5COC(Cn6cncn6)(c6ccc(F)cc6F)O5)cc4)CC3)cc2)c1=O. The first-order valence-corrected chi connectivity index (χ1v) is 19.4. The maximum absolute atomic E-state index is 14.9. The van der Waals surface area contributed by atoms with Crippen molar-refractivity contribution >= 4 is 17.3 Å². The molecule has 2 N–H and O–H groups in total. The molecule has 17 heteroatoms. The molecule has 58 heavy (non-hydrogen) atoms. The molecule has 0 bridgehead atoms. The number of anilines is 2. The van der Waals surface area contributed by atoms with Gasteiger partial charge in [0.2, 0.25) is 5.79 Å². The number of halogens is 2. The molecule has 15 nitrogen and oxygen atoms in total. The zero-order chi connectivity index (χ0) is 41.0. The molecule has 2 fully saturated rings. The van der Waals surface area contributed by atoms with Gasteiger partial charge in [-0.25, -0.2) is 32.5 Å². The van der Waals surface area contributed by atoms with E-state index < -0.39 is 47.7 Å². The van der Waals surface area contributed by atoms with Crippen LogP contribution in [0, 0.1) is 17.6 Å². The zero-order valence-corrected chi connectivity index (χ0v) is 33.0. The van der Waals surface area contributed by atoms with Gasteiger partial charge in [-0.05, 0) is 86.8 Å². The Morgan fingerprint density at radius 1 is 0.914 bits per heavy atom. The van der Waals surface area contributed by atoms with Crippen LogP contribution in [0.5, 0.6) is 5.75 Å². The van der Waals surface area contributed by atoms with E-state index >= 15 is 0 Å². The molecule has 0 amide bonds. The smallest absolute Gasteiger partial charge is 0.350 e. The third-order valence-corrected chi connectivity index (χ3v) is 10.5. The number of carbonyl (C=O) groups excluding carboxylic acids is 1. The number of rotatable bonds is 15. The molecule has 5 atom stereocenters. The summed E-state index contributed by atoms with van der Waals surface area (Å²) in [6, 6.07) is 17.7. The highest BCUT2D eigenvalue weighted by molar-refractivity contribution is 5.75. The summed E-state index contributed by atoms with van der Waals surface area (Å²) in [6.07, 6.45) is 3.70. The van der Waals surface area contributed by atoms with Crippen LogP contribution in [0.1, 0.15) is 45.7 Å². The fraction of sp³-hybridized carbons (Fsp3) is 0.439. The van der Waals surface area contributed by atoms with E-state index in [9.17, 15) is 18.4 Å². The number of nitrogens with zero attached hydrogens (tertiary/aromatic N) is 8. The lowest BCUT2D eigenvalue weighted by Crippen LogP contribution is -2.46. The third-order valence-electron chi connectivity index (χ3n) is 10.5. The minimum atomic E-state index is -1.53. The lowest BCUT2D eigenvalue weighted by Gasteiger charge is -2.37. The molecule has 0 saturated carbocycles. The van der Waals surface area contributed by atoms with Crippen molar-refractivity contribution < 1.29 is 32.5 Å². The summed E-state index contributed by atoms with van der Waals surface area (Å²) in [5.41, 5.74) is 8.51. The fourth-order valence-corrected chi connectivity index (χ4v) is 7.22. The van der Waals surface area contributed by atoms with E-state index in [1.54, 1.807) is 13.8 Å². The summed E-state index contributed by atoms with van der Waals surface area (Å²) < 4.78 is 56.8. The van der Waals surface area contributed by atoms with Gasteiger partial charge in [-0.1, -0.05) is 13.8 Å². The van der Waals surface area contributed by atoms with Crippen LogP contribution in [0.3, 0.4) is 0 Å². The van der Waals surface area contributed by atoms with Crippen LogP contribution in [-0.4, -0.2) is 92.7 Å². The first-order valence-electron chi connectivity index (χ1n) is 19.4. The molecule has 308 valence electrons. The van der Waals surface area contributed by atoms with Crippen LogP contribution >= 0.6 is 0 Å². The minimum Gasteiger partial charge on any atom is -0.491 e. The number of nitrogens with two attached hydrogens (primary N) is 1. The van der Waals surface area contributed by atoms with Gasteiger partial charge < -0.3 is 34.5 Å². The second kappa shape index (κ2) is 17.5. The monoisotopic (exact) mass is 801 g/mol. The maximum Gasteiger partial charge on any atom is 0.350 e. The number of carbonyl (C=O) groups is 1. The van der Waals surface area contributed by atoms with Crippen molar-refractivity contribution in [3.05, 3.63) is 113 Å². The summed E-state index contributed by atoms with van der Waals surface area (Å²) in [5.74, 6) is -2.59. The average molecular weight is 802 g/mol. The molecule has 0 radical (unpaired) electrons. The second-order valence-corrected chi connectivity index (χ2v) is 15.2. The van der Waals surface area contributed by atoms with Crippen LogP contribution in [-0.2, 0) is 31.3 Å². The summed E-state index contributed by atoms with van der Waals surface area (Å²) in [4.78, 5) is 34.4. The van der Waals surface area contributed by atoms with Crippen molar-refractivity contribution in [3.8, 4) is 11.4 Å². The van der Waals surface area contributed by atoms with Gasteiger partial charge in [-0.3, -0.25) is 4.79 Å². The largest absolute Gasteiger partial charge is 0.491 e. The Hall–Kier alpha value is -5.65. The summed E-state index contributed by atoms with van der Waals surface area (Å²) in [6.45, 7) is 11.0. The molecule has 0 spiro atoms. The lowest BCUT2D eigenvalue weighted by molar-refractivity contribution is -0.192. The molecule has 2 aliphatic rings. The van der Waals surface area contributed by atoms with Crippen molar-refractivity contribution in [2.75, 3.05) is 49.2 Å². The zero-order valence-electron chi connectivity index (χ0n) is 33.0.